The number of benzene rings is 1. The Morgan fingerprint density at radius 3 is 2.06 bits per heavy atom. The van der Waals surface area contributed by atoms with Gasteiger partial charge in [0.2, 0.25) is 0 Å². The van der Waals surface area contributed by atoms with E-state index in [1.807, 2.05) is 12.0 Å². The molecule has 1 aromatic rings. The van der Waals surface area contributed by atoms with Crippen LogP contribution in [0.25, 0.3) is 0 Å². The molecule has 1 nitrogen and oxygen atoms in total. The molecule has 0 N–H and O–H groups in total. The molecule has 0 spiro atoms. The van der Waals surface area contributed by atoms with Gasteiger partial charge in [0.1, 0.15) is 0 Å². The maximum absolute atomic E-state index is 12.0. The topological polar surface area (TPSA) is 23.8 Å². The molecule has 0 saturated heterocycles. The van der Waals surface area contributed by atoms with Crippen LogP contribution in [0, 0.1) is 23.2 Å². The van der Waals surface area contributed by atoms with Gasteiger partial charge < -0.3 is 0 Å². The molecule has 0 heterocycles. The molecule has 0 atom stereocenters. The van der Waals surface area contributed by atoms with E-state index in [0.717, 1.165) is 0 Å². The minimum Gasteiger partial charge on any atom is -0.192 e. The predicted molar refractivity (Wildman–Crippen MR) is 53.2 cm³/mol. The molecule has 1 rings (SSSR count). The summed E-state index contributed by atoms with van der Waals surface area (Å²) in [5, 5.41) is 8.50. The number of alkyl halides is 3. The summed E-state index contributed by atoms with van der Waals surface area (Å²) in [5.41, 5.74) is -0.249. The fourth-order valence-electron chi connectivity index (χ4n) is 0.847. The monoisotopic (exact) mass is 221 g/mol. The first kappa shape index (κ1) is 11.9. The summed E-state index contributed by atoms with van der Waals surface area (Å²) in [7, 11) is 0. The maximum atomic E-state index is 12.0. The lowest BCUT2D eigenvalue weighted by Crippen LogP contribution is -2.08. The van der Waals surface area contributed by atoms with Gasteiger partial charge >= 0.3 is 6.18 Å². The average Bonchev–Trinajstić information content (AvgIpc) is 2.25. The predicted octanol–water partition coefficient (Wildman–Crippen LogP) is 3.03. The van der Waals surface area contributed by atoms with Crippen molar-refractivity contribution in [2.24, 2.45) is 0 Å². The van der Waals surface area contributed by atoms with Gasteiger partial charge in [-0.3, -0.25) is 0 Å². The second-order valence-corrected chi connectivity index (χ2v) is 2.92. The number of nitrogens with zero attached hydrogens (tertiary/aromatic N) is 1. The van der Waals surface area contributed by atoms with Gasteiger partial charge in [0.05, 0.1) is 17.2 Å². The smallest absolute Gasteiger partial charge is 0.192 e. The van der Waals surface area contributed by atoms with Crippen LogP contribution >= 0.6 is 0 Å². The Kier molecular flexibility index (Phi) is 3.37. The van der Waals surface area contributed by atoms with Crippen LogP contribution in [0.3, 0.4) is 0 Å². The minimum absolute atomic E-state index is 0.407. The molecule has 80 valence electrons. The lowest BCUT2D eigenvalue weighted by atomic mass is 10.1. The van der Waals surface area contributed by atoms with E-state index in [0.29, 0.717) is 11.1 Å². The molecule has 16 heavy (non-hydrogen) atoms. The summed E-state index contributed by atoms with van der Waals surface area (Å²) >= 11 is 0. The van der Waals surface area contributed by atoms with Crippen LogP contribution in [-0.2, 0) is 0 Å². The van der Waals surface area contributed by atoms with E-state index in [-0.39, 0.29) is 0 Å². The SMILES string of the molecule is C=C(C#Cc1ccc(C#N)cc1)C(F)(F)F. The third-order valence-corrected chi connectivity index (χ3v) is 1.71. The van der Waals surface area contributed by atoms with Gasteiger partial charge in [-0.05, 0) is 24.3 Å². The zero-order valence-electron chi connectivity index (χ0n) is 8.10. The average molecular weight is 221 g/mol. The largest absolute Gasteiger partial charge is 0.423 e. The second kappa shape index (κ2) is 4.55. The Morgan fingerprint density at radius 1 is 1.12 bits per heavy atom. The van der Waals surface area contributed by atoms with Crippen molar-refractivity contribution in [1.82, 2.24) is 0 Å². The highest BCUT2D eigenvalue weighted by molar-refractivity contribution is 5.43. The highest BCUT2D eigenvalue weighted by Gasteiger charge is 2.30. The number of hydrogen-bond donors (Lipinski definition) is 0. The first-order chi connectivity index (χ1) is 7.43. The quantitative estimate of drug-likeness (QED) is 0.618. The van der Waals surface area contributed by atoms with Crippen molar-refractivity contribution in [1.29, 1.82) is 5.26 Å². The number of halogens is 3. The molecule has 0 saturated carbocycles. The van der Waals surface area contributed by atoms with Crippen molar-refractivity contribution in [2.45, 2.75) is 6.18 Å². The highest BCUT2D eigenvalue weighted by Crippen LogP contribution is 2.23. The summed E-state index contributed by atoms with van der Waals surface area (Å²) in [6, 6.07) is 7.83. The number of allylic oxidation sites excluding steroid dienone is 1. The molecular weight excluding hydrogens is 215 g/mol. The zero-order chi connectivity index (χ0) is 12.2. The van der Waals surface area contributed by atoms with Crippen LogP contribution in [0.4, 0.5) is 13.2 Å². The number of nitriles is 1. The Hall–Kier alpha value is -2.20. The van der Waals surface area contributed by atoms with Crippen molar-refractivity contribution in [3.8, 4) is 17.9 Å². The molecule has 0 fully saturated rings. The van der Waals surface area contributed by atoms with E-state index in [1.165, 1.54) is 24.3 Å². The summed E-state index contributed by atoms with van der Waals surface area (Å²) in [4.78, 5) is 0. The van der Waals surface area contributed by atoms with Gasteiger partial charge in [0.25, 0.3) is 0 Å². The van der Waals surface area contributed by atoms with Crippen LogP contribution in [0.5, 0.6) is 0 Å². The normalized spacial score (nSPS) is 9.88. The molecule has 0 aliphatic heterocycles. The summed E-state index contributed by atoms with van der Waals surface area (Å²) in [6.07, 6.45) is -4.49. The molecule has 0 unspecified atom stereocenters. The molecule has 0 radical (unpaired) electrons. The van der Waals surface area contributed by atoms with Crippen molar-refractivity contribution in [2.75, 3.05) is 0 Å². The molecule has 4 heteroatoms. The number of rotatable bonds is 0. The maximum Gasteiger partial charge on any atom is 0.423 e. The van der Waals surface area contributed by atoms with Gasteiger partial charge in [-0.2, -0.15) is 18.4 Å². The van der Waals surface area contributed by atoms with Crippen LogP contribution < -0.4 is 0 Å². The standard InChI is InChI=1S/C12H6F3N/c1-9(12(13,14)15)2-3-10-4-6-11(8-16)7-5-10/h4-7H,1H2. The third kappa shape index (κ3) is 3.18. The lowest BCUT2D eigenvalue weighted by molar-refractivity contribution is -0.0868. The summed E-state index contributed by atoms with van der Waals surface area (Å²) in [6.45, 7) is 2.82. The Balaban J connectivity index is 2.86. The van der Waals surface area contributed by atoms with Crippen LogP contribution in [0.1, 0.15) is 11.1 Å². The van der Waals surface area contributed by atoms with Gasteiger partial charge in [-0.15, -0.1) is 0 Å². The van der Waals surface area contributed by atoms with Gasteiger partial charge in [-0.1, -0.05) is 18.4 Å². The van der Waals surface area contributed by atoms with Crippen molar-refractivity contribution in [3.63, 3.8) is 0 Å². The van der Waals surface area contributed by atoms with Crippen LogP contribution in [-0.4, -0.2) is 6.18 Å². The van der Waals surface area contributed by atoms with E-state index in [4.69, 9.17) is 5.26 Å². The number of hydrogen-bond acceptors (Lipinski definition) is 1. The molecular formula is C12H6F3N. The molecule has 0 amide bonds. The molecule has 0 aromatic heterocycles. The van der Waals surface area contributed by atoms with Crippen molar-refractivity contribution in [3.05, 3.63) is 47.5 Å². The van der Waals surface area contributed by atoms with E-state index in [2.05, 4.69) is 12.5 Å². The zero-order valence-corrected chi connectivity index (χ0v) is 8.10. The summed E-state index contributed by atoms with van der Waals surface area (Å²) in [5.74, 6) is 4.25. The first-order valence-corrected chi connectivity index (χ1v) is 4.22. The van der Waals surface area contributed by atoms with Crippen molar-refractivity contribution < 1.29 is 13.2 Å². The molecule has 1 aromatic carbocycles. The van der Waals surface area contributed by atoms with Crippen LogP contribution in [0.15, 0.2) is 36.4 Å². The van der Waals surface area contributed by atoms with Gasteiger partial charge in [0.15, 0.2) is 0 Å². The Labute approximate surface area is 90.8 Å². The fraction of sp³-hybridized carbons (Fsp3) is 0.0833. The van der Waals surface area contributed by atoms with Crippen molar-refractivity contribution >= 4 is 0 Å². The molecule has 0 bridgehead atoms. The third-order valence-electron chi connectivity index (χ3n) is 1.71. The van der Waals surface area contributed by atoms with E-state index in [1.54, 1.807) is 0 Å². The van der Waals surface area contributed by atoms with Gasteiger partial charge in [0, 0.05) is 5.56 Å². The first-order valence-electron chi connectivity index (χ1n) is 4.22. The summed E-state index contributed by atoms with van der Waals surface area (Å²) < 4.78 is 36.1. The Morgan fingerprint density at radius 2 is 1.62 bits per heavy atom. The fourth-order valence-corrected chi connectivity index (χ4v) is 0.847. The Bertz CT molecular complexity index is 492. The van der Waals surface area contributed by atoms with Crippen LogP contribution in [0.2, 0.25) is 0 Å². The van der Waals surface area contributed by atoms with Gasteiger partial charge in [-0.25, -0.2) is 0 Å². The van der Waals surface area contributed by atoms with E-state index in [9.17, 15) is 13.2 Å². The molecule has 0 aliphatic carbocycles. The lowest BCUT2D eigenvalue weighted by Gasteiger charge is -2.01. The second-order valence-electron chi connectivity index (χ2n) is 2.92. The molecule has 0 aliphatic rings. The minimum atomic E-state index is -4.49. The van der Waals surface area contributed by atoms with E-state index < -0.39 is 11.7 Å². The van der Waals surface area contributed by atoms with E-state index >= 15 is 0 Å². The highest BCUT2D eigenvalue weighted by atomic mass is 19.4.